The van der Waals surface area contributed by atoms with E-state index in [-0.39, 0.29) is 11.9 Å². The Balaban J connectivity index is 2.01. The molecule has 4 N–H and O–H groups in total. The molecule has 0 saturated heterocycles. The SMILES string of the molecule is CC(C)NC(=O)c1c(N)nsc1NCC1CCCCC1C. The van der Waals surface area contributed by atoms with Crippen LogP contribution in [0.1, 0.15) is 56.8 Å². The zero-order chi connectivity index (χ0) is 15.4. The Kier molecular flexibility index (Phi) is 5.45. The van der Waals surface area contributed by atoms with Crippen LogP contribution in [0.25, 0.3) is 0 Å². The minimum Gasteiger partial charge on any atom is -0.382 e. The number of hydrogen-bond acceptors (Lipinski definition) is 5. The topological polar surface area (TPSA) is 80.0 Å². The molecular weight excluding hydrogens is 284 g/mol. The van der Waals surface area contributed by atoms with Gasteiger partial charge in [-0.15, -0.1) is 0 Å². The highest BCUT2D eigenvalue weighted by molar-refractivity contribution is 7.11. The average molecular weight is 310 g/mol. The van der Waals surface area contributed by atoms with E-state index in [1.54, 1.807) is 0 Å². The number of hydrogen-bond donors (Lipinski definition) is 3. The number of nitrogens with one attached hydrogen (secondary N) is 2. The van der Waals surface area contributed by atoms with Gasteiger partial charge in [-0.1, -0.05) is 26.2 Å². The third kappa shape index (κ3) is 4.09. The fourth-order valence-corrected chi connectivity index (χ4v) is 3.61. The fraction of sp³-hybridized carbons (Fsp3) is 0.733. The number of rotatable bonds is 5. The van der Waals surface area contributed by atoms with Crippen molar-refractivity contribution in [2.45, 2.75) is 52.5 Å². The molecule has 5 nitrogen and oxygen atoms in total. The second-order valence-corrected chi connectivity index (χ2v) is 7.08. The second kappa shape index (κ2) is 7.11. The molecule has 1 aliphatic carbocycles. The van der Waals surface area contributed by atoms with Crippen LogP contribution in [-0.2, 0) is 0 Å². The van der Waals surface area contributed by atoms with Crippen LogP contribution in [-0.4, -0.2) is 22.9 Å². The smallest absolute Gasteiger partial charge is 0.258 e. The molecule has 1 aromatic heterocycles. The van der Waals surface area contributed by atoms with Gasteiger partial charge in [-0.05, 0) is 43.6 Å². The average Bonchev–Trinajstić information content (AvgIpc) is 2.78. The molecule has 6 heteroatoms. The van der Waals surface area contributed by atoms with Crippen LogP contribution in [0.4, 0.5) is 10.8 Å². The van der Waals surface area contributed by atoms with Gasteiger partial charge in [0.15, 0.2) is 5.82 Å². The zero-order valence-electron chi connectivity index (χ0n) is 13.1. The first-order chi connectivity index (χ1) is 9.99. The monoisotopic (exact) mass is 310 g/mol. The van der Waals surface area contributed by atoms with Crippen molar-refractivity contribution >= 4 is 28.3 Å². The largest absolute Gasteiger partial charge is 0.382 e. The first-order valence-corrected chi connectivity index (χ1v) is 8.56. The first kappa shape index (κ1) is 16.1. The molecule has 0 radical (unpaired) electrons. The number of nitrogen functional groups attached to an aromatic ring is 1. The summed E-state index contributed by atoms with van der Waals surface area (Å²) in [6, 6.07) is 0.0861. The second-order valence-electron chi connectivity index (χ2n) is 6.30. The van der Waals surface area contributed by atoms with Crippen LogP contribution in [0.15, 0.2) is 0 Å². The maximum Gasteiger partial charge on any atom is 0.258 e. The first-order valence-electron chi connectivity index (χ1n) is 7.79. The molecule has 1 fully saturated rings. The van der Waals surface area contributed by atoms with Crippen LogP contribution in [0, 0.1) is 11.8 Å². The molecular formula is C15H26N4OS. The number of amides is 1. The molecule has 2 atom stereocenters. The van der Waals surface area contributed by atoms with Gasteiger partial charge in [-0.3, -0.25) is 4.79 Å². The van der Waals surface area contributed by atoms with Gasteiger partial charge < -0.3 is 16.4 Å². The molecule has 21 heavy (non-hydrogen) atoms. The van der Waals surface area contributed by atoms with Gasteiger partial charge in [-0.25, -0.2) is 0 Å². The zero-order valence-corrected chi connectivity index (χ0v) is 13.9. The highest BCUT2D eigenvalue weighted by Crippen LogP contribution is 2.32. The highest BCUT2D eigenvalue weighted by Gasteiger charge is 2.24. The molecule has 1 heterocycles. The Morgan fingerprint density at radius 3 is 2.81 bits per heavy atom. The van der Waals surface area contributed by atoms with Crippen LogP contribution < -0.4 is 16.4 Å². The van der Waals surface area contributed by atoms with E-state index in [1.165, 1.54) is 37.2 Å². The molecule has 118 valence electrons. The van der Waals surface area contributed by atoms with Gasteiger partial charge in [0.05, 0.1) is 0 Å². The van der Waals surface area contributed by atoms with E-state index in [0.717, 1.165) is 17.5 Å². The van der Waals surface area contributed by atoms with Crippen LogP contribution in [0.5, 0.6) is 0 Å². The molecule has 2 unspecified atom stereocenters. The van der Waals surface area contributed by atoms with Gasteiger partial charge >= 0.3 is 0 Å². The van der Waals surface area contributed by atoms with E-state index in [9.17, 15) is 4.79 Å². The Bertz CT molecular complexity index is 486. The molecule has 2 rings (SSSR count). The van der Waals surface area contributed by atoms with Crippen LogP contribution in [0.2, 0.25) is 0 Å². The summed E-state index contributed by atoms with van der Waals surface area (Å²) in [6.07, 6.45) is 5.21. The Morgan fingerprint density at radius 2 is 2.14 bits per heavy atom. The summed E-state index contributed by atoms with van der Waals surface area (Å²) in [4.78, 5) is 12.2. The summed E-state index contributed by atoms with van der Waals surface area (Å²) in [5, 5.41) is 7.08. The van der Waals surface area contributed by atoms with Crippen molar-refractivity contribution in [2.75, 3.05) is 17.6 Å². The number of nitrogens with zero attached hydrogens (tertiary/aromatic N) is 1. The van der Waals surface area contributed by atoms with E-state index < -0.39 is 0 Å². The molecule has 1 amide bonds. The standard InChI is InChI=1S/C15H26N4OS/c1-9(2)18-14(20)12-13(16)19-21-15(12)17-8-11-7-5-4-6-10(11)3/h9-11,17H,4-8H2,1-3H3,(H2,16,19)(H,18,20). The molecule has 0 aliphatic heterocycles. The molecule has 0 aromatic carbocycles. The summed E-state index contributed by atoms with van der Waals surface area (Å²) >= 11 is 1.27. The normalized spacial score (nSPS) is 22.3. The Morgan fingerprint density at radius 1 is 1.43 bits per heavy atom. The summed E-state index contributed by atoms with van der Waals surface area (Å²) in [6.45, 7) is 7.08. The molecule has 0 spiro atoms. The molecule has 1 aliphatic rings. The molecule has 0 bridgehead atoms. The van der Waals surface area contributed by atoms with Gasteiger partial charge in [0, 0.05) is 12.6 Å². The van der Waals surface area contributed by atoms with Gasteiger partial charge in [0.25, 0.3) is 5.91 Å². The van der Waals surface area contributed by atoms with Crippen LogP contribution >= 0.6 is 11.5 Å². The number of carbonyl (C=O) groups excluding carboxylic acids is 1. The van der Waals surface area contributed by atoms with E-state index in [1.807, 2.05) is 13.8 Å². The van der Waals surface area contributed by atoms with Crippen molar-refractivity contribution < 1.29 is 4.79 Å². The van der Waals surface area contributed by atoms with Crippen molar-refractivity contribution in [3.8, 4) is 0 Å². The third-order valence-corrected chi connectivity index (χ3v) is 5.00. The van der Waals surface area contributed by atoms with Crippen molar-refractivity contribution in [1.82, 2.24) is 9.69 Å². The van der Waals surface area contributed by atoms with Crippen molar-refractivity contribution in [1.29, 1.82) is 0 Å². The Hall–Kier alpha value is -1.30. The van der Waals surface area contributed by atoms with Gasteiger partial charge in [0.2, 0.25) is 0 Å². The maximum absolute atomic E-state index is 12.2. The summed E-state index contributed by atoms with van der Waals surface area (Å²) in [5.41, 5.74) is 6.35. The lowest BCUT2D eigenvalue weighted by atomic mass is 9.80. The summed E-state index contributed by atoms with van der Waals surface area (Å²) in [7, 11) is 0. The van der Waals surface area contributed by atoms with Crippen molar-refractivity contribution in [3.05, 3.63) is 5.56 Å². The predicted molar refractivity (Wildman–Crippen MR) is 88.7 cm³/mol. The van der Waals surface area contributed by atoms with Crippen molar-refractivity contribution in [3.63, 3.8) is 0 Å². The van der Waals surface area contributed by atoms with E-state index in [2.05, 4.69) is 21.9 Å². The highest BCUT2D eigenvalue weighted by atomic mass is 32.1. The fourth-order valence-electron chi connectivity index (χ4n) is 2.90. The number of aromatic nitrogens is 1. The van der Waals surface area contributed by atoms with Gasteiger partial charge in [-0.2, -0.15) is 4.37 Å². The number of nitrogens with two attached hydrogens (primary N) is 1. The lowest BCUT2D eigenvalue weighted by Gasteiger charge is -2.29. The number of anilines is 2. The molecule has 1 saturated carbocycles. The minimum atomic E-state index is -0.143. The lowest BCUT2D eigenvalue weighted by Crippen LogP contribution is -2.31. The molecule has 1 aromatic rings. The summed E-state index contributed by atoms with van der Waals surface area (Å²) < 4.78 is 4.12. The Labute approximate surface area is 130 Å². The maximum atomic E-state index is 12.2. The van der Waals surface area contributed by atoms with E-state index in [4.69, 9.17) is 5.73 Å². The predicted octanol–water partition coefficient (Wildman–Crippen LogP) is 3.10. The quantitative estimate of drug-likeness (QED) is 0.780. The van der Waals surface area contributed by atoms with E-state index in [0.29, 0.717) is 17.3 Å². The van der Waals surface area contributed by atoms with Crippen molar-refractivity contribution in [2.24, 2.45) is 11.8 Å². The third-order valence-electron chi connectivity index (χ3n) is 4.18. The van der Waals surface area contributed by atoms with Gasteiger partial charge in [0.1, 0.15) is 10.6 Å². The lowest BCUT2D eigenvalue weighted by molar-refractivity contribution is 0.0945. The number of carbonyl (C=O) groups is 1. The minimum absolute atomic E-state index is 0.0861. The van der Waals surface area contributed by atoms with Crippen LogP contribution in [0.3, 0.4) is 0 Å². The van der Waals surface area contributed by atoms with E-state index >= 15 is 0 Å². The summed E-state index contributed by atoms with van der Waals surface area (Å²) in [5.74, 6) is 1.58.